The predicted molar refractivity (Wildman–Crippen MR) is 101 cm³/mol. The van der Waals surface area contributed by atoms with Crippen LogP contribution in [-0.2, 0) is 6.42 Å². The number of aromatic nitrogens is 2. The smallest absolute Gasteiger partial charge is 0.227 e. The zero-order chi connectivity index (χ0) is 16.9. The van der Waals surface area contributed by atoms with E-state index in [-0.39, 0.29) is 0 Å². The van der Waals surface area contributed by atoms with E-state index in [1.165, 1.54) is 24.8 Å². The van der Waals surface area contributed by atoms with Crippen molar-refractivity contribution >= 4 is 17.5 Å². The average molecular weight is 324 g/mol. The van der Waals surface area contributed by atoms with Crippen LogP contribution in [0.2, 0.25) is 0 Å². The molecule has 4 heteroatoms. The number of hydrogen-bond donors (Lipinski definition) is 1. The highest BCUT2D eigenvalue weighted by atomic mass is 15.3. The van der Waals surface area contributed by atoms with Crippen LogP contribution < -0.4 is 10.2 Å². The van der Waals surface area contributed by atoms with Gasteiger partial charge in [-0.3, -0.25) is 0 Å². The van der Waals surface area contributed by atoms with E-state index in [1.54, 1.807) is 0 Å². The largest absolute Gasteiger partial charge is 0.340 e. The number of hydrogen-bond acceptors (Lipinski definition) is 4. The van der Waals surface area contributed by atoms with Gasteiger partial charge in [0.2, 0.25) is 5.95 Å². The highest BCUT2D eigenvalue weighted by molar-refractivity contribution is 5.58. The molecule has 1 fully saturated rings. The maximum atomic E-state index is 4.80. The van der Waals surface area contributed by atoms with Crippen LogP contribution in [0, 0.1) is 6.92 Å². The molecule has 0 bridgehead atoms. The number of anilines is 3. The van der Waals surface area contributed by atoms with E-state index in [0.717, 1.165) is 42.5 Å². The third kappa shape index (κ3) is 3.86. The van der Waals surface area contributed by atoms with Gasteiger partial charge in [-0.25, -0.2) is 4.98 Å². The molecular weight excluding hydrogens is 296 g/mol. The Morgan fingerprint density at radius 2 is 1.92 bits per heavy atom. The van der Waals surface area contributed by atoms with Gasteiger partial charge in [-0.1, -0.05) is 26.0 Å². The average Bonchev–Trinajstić information content (AvgIpc) is 2.62. The van der Waals surface area contributed by atoms with Crippen LogP contribution in [0.1, 0.15) is 50.8 Å². The van der Waals surface area contributed by atoms with Gasteiger partial charge in [-0.15, -0.1) is 0 Å². The van der Waals surface area contributed by atoms with Crippen LogP contribution >= 0.6 is 0 Å². The predicted octanol–water partition coefficient (Wildman–Crippen LogP) is 4.86. The van der Waals surface area contributed by atoms with Gasteiger partial charge >= 0.3 is 0 Å². The summed E-state index contributed by atoms with van der Waals surface area (Å²) in [5.41, 5.74) is 3.43. The van der Waals surface area contributed by atoms with Crippen molar-refractivity contribution in [3.05, 3.63) is 41.6 Å². The summed E-state index contributed by atoms with van der Waals surface area (Å²) >= 11 is 0. The summed E-state index contributed by atoms with van der Waals surface area (Å²) in [7, 11) is 0. The molecule has 1 aromatic carbocycles. The minimum atomic E-state index is 0.567. The lowest BCUT2D eigenvalue weighted by Crippen LogP contribution is -2.40. The van der Waals surface area contributed by atoms with Gasteiger partial charge < -0.3 is 10.2 Å². The van der Waals surface area contributed by atoms with Crippen molar-refractivity contribution in [1.29, 1.82) is 0 Å². The number of nitrogens with one attached hydrogen (secondary N) is 1. The number of aryl methyl sites for hydroxylation is 2. The molecule has 24 heavy (non-hydrogen) atoms. The Labute approximate surface area is 145 Å². The van der Waals surface area contributed by atoms with Gasteiger partial charge in [0.1, 0.15) is 5.82 Å². The van der Waals surface area contributed by atoms with Crippen LogP contribution in [0.3, 0.4) is 0 Å². The minimum absolute atomic E-state index is 0.567. The van der Waals surface area contributed by atoms with E-state index in [0.29, 0.717) is 6.04 Å². The Balaban J connectivity index is 1.82. The first kappa shape index (κ1) is 16.7. The maximum absolute atomic E-state index is 4.80. The Morgan fingerprint density at radius 1 is 1.12 bits per heavy atom. The maximum Gasteiger partial charge on any atom is 0.227 e. The molecule has 128 valence electrons. The van der Waals surface area contributed by atoms with Gasteiger partial charge in [0, 0.05) is 30.0 Å². The lowest BCUT2D eigenvalue weighted by atomic mass is 10.0. The van der Waals surface area contributed by atoms with Crippen molar-refractivity contribution in [2.75, 3.05) is 16.8 Å². The molecule has 0 radical (unpaired) electrons. The van der Waals surface area contributed by atoms with E-state index < -0.39 is 0 Å². The molecule has 0 saturated carbocycles. The van der Waals surface area contributed by atoms with Crippen LogP contribution in [-0.4, -0.2) is 22.6 Å². The third-order valence-corrected chi connectivity index (χ3v) is 4.83. The van der Waals surface area contributed by atoms with Gasteiger partial charge in [-0.05, 0) is 56.7 Å². The lowest BCUT2D eigenvalue weighted by molar-refractivity contribution is 0.443. The van der Waals surface area contributed by atoms with Crippen LogP contribution in [0.5, 0.6) is 0 Å². The molecule has 0 aliphatic carbocycles. The van der Waals surface area contributed by atoms with E-state index in [1.807, 2.05) is 13.0 Å². The number of rotatable bonds is 5. The normalized spacial score (nSPS) is 17.8. The van der Waals surface area contributed by atoms with Gasteiger partial charge in [0.25, 0.3) is 0 Å². The standard InChI is InChI=1S/C20H28N4/c1-4-16-9-11-17(12-10-16)22-19-14-15(3)21-20(23-19)24-13-7-6-8-18(24)5-2/h9-12,14,18H,4-8,13H2,1-3H3,(H,21,22,23). The van der Waals surface area contributed by atoms with E-state index in [4.69, 9.17) is 9.97 Å². The first-order valence-corrected chi connectivity index (χ1v) is 9.18. The molecule has 0 spiro atoms. The molecule has 0 amide bonds. The molecule has 2 heterocycles. The van der Waals surface area contributed by atoms with Crippen molar-refractivity contribution in [2.45, 2.75) is 58.9 Å². The molecule has 1 aliphatic rings. The summed E-state index contributed by atoms with van der Waals surface area (Å²) in [6.07, 6.45) is 6.00. The monoisotopic (exact) mass is 324 g/mol. The highest BCUT2D eigenvalue weighted by Crippen LogP contribution is 2.26. The number of nitrogens with zero attached hydrogens (tertiary/aromatic N) is 3. The molecular formula is C20H28N4. The van der Waals surface area contributed by atoms with Crippen molar-refractivity contribution < 1.29 is 0 Å². The molecule has 3 rings (SSSR count). The summed E-state index contributed by atoms with van der Waals surface area (Å²) in [5.74, 6) is 1.75. The Kier molecular flexibility index (Phi) is 5.34. The fraction of sp³-hybridized carbons (Fsp3) is 0.500. The minimum Gasteiger partial charge on any atom is -0.340 e. The molecule has 1 atom stereocenters. The fourth-order valence-electron chi connectivity index (χ4n) is 3.41. The third-order valence-electron chi connectivity index (χ3n) is 4.83. The topological polar surface area (TPSA) is 41.1 Å². The van der Waals surface area contributed by atoms with Crippen LogP contribution in [0.25, 0.3) is 0 Å². The summed E-state index contributed by atoms with van der Waals surface area (Å²) in [4.78, 5) is 11.9. The summed E-state index contributed by atoms with van der Waals surface area (Å²) in [5, 5.41) is 3.43. The van der Waals surface area contributed by atoms with Crippen molar-refractivity contribution in [3.63, 3.8) is 0 Å². The van der Waals surface area contributed by atoms with Crippen molar-refractivity contribution in [2.24, 2.45) is 0 Å². The summed E-state index contributed by atoms with van der Waals surface area (Å²) in [6.45, 7) is 7.53. The zero-order valence-corrected chi connectivity index (χ0v) is 15.0. The van der Waals surface area contributed by atoms with E-state index >= 15 is 0 Å². The Hall–Kier alpha value is -2.10. The lowest BCUT2D eigenvalue weighted by Gasteiger charge is -2.35. The van der Waals surface area contributed by atoms with Gasteiger partial charge in [0.05, 0.1) is 0 Å². The highest BCUT2D eigenvalue weighted by Gasteiger charge is 2.23. The number of piperidine rings is 1. The second-order valence-corrected chi connectivity index (χ2v) is 6.62. The van der Waals surface area contributed by atoms with Crippen LogP contribution in [0.15, 0.2) is 30.3 Å². The van der Waals surface area contributed by atoms with Crippen molar-refractivity contribution in [1.82, 2.24) is 9.97 Å². The first-order valence-electron chi connectivity index (χ1n) is 9.18. The van der Waals surface area contributed by atoms with Crippen molar-refractivity contribution in [3.8, 4) is 0 Å². The zero-order valence-electron chi connectivity index (χ0n) is 15.0. The molecule has 1 N–H and O–H groups in total. The summed E-state index contributed by atoms with van der Waals surface area (Å²) in [6, 6.07) is 11.1. The van der Waals surface area contributed by atoms with Gasteiger partial charge in [0.15, 0.2) is 0 Å². The first-order chi connectivity index (χ1) is 11.7. The molecule has 1 unspecified atom stereocenters. The molecule has 1 aromatic heterocycles. The second kappa shape index (κ2) is 7.65. The molecule has 1 aliphatic heterocycles. The van der Waals surface area contributed by atoms with E-state index in [2.05, 4.69) is 48.3 Å². The molecule has 2 aromatic rings. The Morgan fingerprint density at radius 3 is 2.62 bits per heavy atom. The SMILES string of the molecule is CCc1ccc(Nc2cc(C)nc(N3CCCCC3CC)n2)cc1. The quantitative estimate of drug-likeness (QED) is 0.852. The fourth-order valence-corrected chi connectivity index (χ4v) is 3.41. The molecule has 1 saturated heterocycles. The second-order valence-electron chi connectivity index (χ2n) is 6.62. The number of benzene rings is 1. The molecule has 4 nitrogen and oxygen atoms in total. The summed E-state index contributed by atoms with van der Waals surface area (Å²) < 4.78 is 0. The van der Waals surface area contributed by atoms with Gasteiger partial charge in [-0.2, -0.15) is 4.98 Å². The van der Waals surface area contributed by atoms with E-state index in [9.17, 15) is 0 Å². The van der Waals surface area contributed by atoms with Crippen LogP contribution in [0.4, 0.5) is 17.5 Å². The Bertz CT molecular complexity index is 666.